The van der Waals surface area contributed by atoms with Crippen LogP contribution in [0.3, 0.4) is 0 Å². The van der Waals surface area contributed by atoms with E-state index in [4.69, 9.17) is 21.7 Å². The number of aliphatic hydroxyl groups excluding tert-OH is 1. The third kappa shape index (κ3) is 3.86. The number of nitrogens with zero attached hydrogens (tertiary/aromatic N) is 3. The summed E-state index contributed by atoms with van der Waals surface area (Å²) in [5.74, 6) is -0.329. The Balaban J connectivity index is 1.85. The van der Waals surface area contributed by atoms with Gasteiger partial charge in [0.2, 0.25) is 0 Å². The minimum Gasteiger partial charge on any atom is -0.405 e. The highest BCUT2D eigenvalue weighted by molar-refractivity contribution is 7.19. The van der Waals surface area contributed by atoms with Crippen LogP contribution in [-0.4, -0.2) is 37.5 Å². The minimum atomic E-state index is -0.329. The Morgan fingerprint density at radius 2 is 2.21 bits per heavy atom. The Kier molecular flexibility index (Phi) is 5.97. The number of nitrogens with one attached hydrogen (secondary N) is 3. The van der Waals surface area contributed by atoms with Crippen LogP contribution < -0.4 is 11.1 Å². The van der Waals surface area contributed by atoms with Crippen LogP contribution in [0.4, 0.5) is 0 Å². The van der Waals surface area contributed by atoms with Crippen LogP contribution >= 0.6 is 22.7 Å². The molecule has 0 aliphatic carbocycles. The molecule has 3 rings (SSSR count). The molecule has 3 aromatic rings. The summed E-state index contributed by atoms with van der Waals surface area (Å²) in [4.78, 5) is 21.4. The molecule has 0 atom stereocenters. The summed E-state index contributed by atoms with van der Waals surface area (Å²) < 4.78 is 2.39. The van der Waals surface area contributed by atoms with Crippen LogP contribution in [0.5, 0.6) is 0 Å². The van der Waals surface area contributed by atoms with Crippen molar-refractivity contribution < 1.29 is 9.90 Å². The standard InChI is InChI=1S/C17H19N7O2S2/c1-24-14(17(26)21-6-10-8-27-13(7-25)22-10)11(5-19)15-16(24)23-12(28-15)4-9(20)2-3-18/h2-3,5,8,19-20,25H,4,6-7,18H2,1H3,(H,21,26)/b3-2-,19-5?,20-9?. The van der Waals surface area contributed by atoms with E-state index in [9.17, 15) is 4.79 Å². The van der Waals surface area contributed by atoms with Gasteiger partial charge in [0.15, 0.2) is 5.65 Å². The van der Waals surface area contributed by atoms with Gasteiger partial charge in [0.25, 0.3) is 5.91 Å². The molecule has 0 bridgehead atoms. The molecule has 28 heavy (non-hydrogen) atoms. The molecule has 0 unspecified atom stereocenters. The SMILES string of the molecule is Cn1c(C(=O)NCc2csc(CO)n2)c(C=N)c2sc(CC(=N)/C=C\N)nc21. The first kappa shape index (κ1) is 19.9. The number of amides is 1. The number of carbonyl (C=O) groups excluding carboxylic acids is 1. The van der Waals surface area contributed by atoms with Crippen molar-refractivity contribution in [1.82, 2.24) is 19.9 Å². The topological polar surface area (TPSA) is 154 Å². The summed E-state index contributed by atoms with van der Waals surface area (Å²) in [5.41, 5.74) is 7.76. The minimum absolute atomic E-state index is 0.128. The molecule has 3 aromatic heterocycles. The third-order valence-electron chi connectivity index (χ3n) is 3.97. The fraction of sp³-hybridized carbons (Fsp3) is 0.235. The van der Waals surface area contributed by atoms with Crippen molar-refractivity contribution in [1.29, 1.82) is 10.8 Å². The van der Waals surface area contributed by atoms with Crippen molar-refractivity contribution >= 4 is 50.9 Å². The molecule has 0 fully saturated rings. The maximum Gasteiger partial charge on any atom is 0.269 e. The summed E-state index contributed by atoms with van der Waals surface area (Å²) in [7, 11) is 1.73. The first-order chi connectivity index (χ1) is 13.5. The fourth-order valence-electron chi connectivity index (χ4n) is 2.73. The van der Waals surface area contributed by atoms with Gasteiger partial charge in [-0.3, -0.25) is 4.79 Å². The zero-order chi connectivity index (χ0) is 20.3. The Labute approximate surface area is 168 Å². The van der Waals surface area contributed by atoms with Gasteiger partial charge >= 0.3 is 0 Å². The van der Waals surface area contributed by atoms with Crippen LogP contribution in [-0.2, 0) is 26.6 Å². The smallest absolute Gasteiger partial charge is 0.269 e. The van der Waals surface area contributed by atoms with E-state index in [1.54, 1.807) is 17.0 Å². The Morgan fingerprint density at radius 1 is 1.43 bits per heavy atom. The summed E-state index contributed by atoms with van der Waals surface area (Å²) in [6, 6.07) is 0. The molecule has 0 spiro atoms. The molecule has 0 saturated carbocycles. The number of allylic oxidation sites excluding steroid dienone is 1. The summed E-state index contributed by atoms with van der Waals surface area (Å²) in [5, 5.41) is 30.6. The Bertz CT molecular complexity index is 1080. The van der Waals surface area contributed by atoms with Crippen LogP contribution in [0.25, 0.3) is 10.3 Å². The zero-order valence-electron chi connectivity index (χ0n) is 15.0. The van der Waals surface area contributed by atoms with Crippen LogP contribution in [0.2, 0.25) is 0 Å². The van der Waals surface area contributed by atoms with Gasteiger partial charge in [0, 0.05) is 36.3 Å². The number of rotatable bonds is 8. The number of aliphatic hydroxyl groups is 1. The lowest BCUT2D eigenvalue weighted by Gasteiger charge is -2.06. The lowest BCUT2D eigenvalue weighted by Crippen LogP contribution is -2.26. The van der Waals surface area contributed by atoms with E-state index in [-0.39, 0.29) is 19.1 Å². The number of aryl methyl sites for hydroxylation is 1. The lowest BCUT2D eigenvalue weighted by atomic mass is 10.2. The average Bonchev–Trinajstić information content (AvgIpc) is 3.35. The number of carbonyl (C=O) groups is 1. The molecule has 1 amide bonds. The highest BCUT2D eigenvalue weighted by Crippen LogP contribution is 2.30. The van der Waals surface area contributed by atoms with E-state index in [0.29, 0.717) is 39.7 Å². The predicted molar refractivity (Wildman–Crippen MR) is 110 cm³/mol. The quantitative estimate of drug-likeness (QED) is 0.352. The fourth-order valence-corrected chi connectivity index (χ4v) is 4.52. The average molecular weight is 418 g/mol. The second kappa shape index (κ2) is 8.42. The van der Waals surface area contributed by atoms with Crippen molar-refractivity contribution in [3.63, 3.8) is 0 Å². The third-order valence-corrected chi connectivity index (χ3v) is 5.93. The molecule has 0 aliphatic heterocycles. The van der Waals surface area contributed by atoms with Crippen LogP contribution in [0.1, 0.15) is 31.8 Å². The number of nitrogens with two attached hydrogens (primary N) is 1. The van der Waals surface area contributed by atoms with E-state index < -0.39 is 0 Å². The molecule has 11 heteroatoms. The number of thiazole rings is 2. The number of aromatic nitrogens is 3. The van der Waals surface area contributed by atoms with Gasteiger partial charge < -0.3 is 31.5 Å². The molecular formula is C17H19N7O2S2. The second-order valence-corrected chi connectivity index (χ2v) is 7.89. The van der Waals surface area contributed by atoms with E-state index >= 15 is 0 Å². The Morgan fingerprint density at radius 3 is 2.86 bits per heavy atom. The summed E-state index contributed by atoms with van der Waals surface area (Å²) in [6.45, 7) is 0.101. The molecule has 0 aliphatic rings. The normalized spacial score (nSPS) is 11.4. The summed E-state index contributed by atoms with van der Waals surface area (Å²) >= 11 is 2.69. The van der Waals surface area contributed by atoms with E-state index in [0.717, 1.165) is 15.9 Å². The predicted octanol–water partition coefficient (Wildman–Crippen LogP) is 1.55. The van der Waals surface area contributed by atoms with Gasteiger partial charge in [-0.1, -0.05) is 0 Å². The molecule has 3 heterocycles. The number of fused-ring (bicyclic) bond motifs is 1. The van der Waals surface area contributed by atoms with Crippen molar-refractivity contribution in [2.75, 3.05) is 0 Å². The van der Waals surface area contributed by atoms with Gasteiger partial charge in [-0.25, -0.2) is 9.97 Å². The van der Waals surface area contributed by atoms with Gasteiger partial charge in [-0.2, -0.15) is 0 Å². The molecule has 146 valence electrons. The van der Waals surface area contributed by atoms with Gasteiger partial charge in [0.1, 0.15) is 15.7 Å². The monoisotopic (exact) mass is 417 g/mol. The van der Waals surface area contributed by atoms with Crippen LogP contribution in [0, 0.1) is 10.8 Å². The van der Waals surface area contributed by atoms with Crippen molar-refractivity contribution in [2.24, 2.45) is 12.8 Å². The lowest BCUT2D eigenvalue weighted by molar-refractivity contribution is 0.0942. The molecule has 0 radical (unpaired) electrons. The molecule has 0 aromatic carbocycles. The molecule has 9 nitrogen and oxygen atoms in total. The van der Waals surface area contributed by atoms with Crippen molar-refractivity contribution in [2.45, 2.75) is 19.6 Å². The maximum atomic E-state index is 12.7. The zero-order valence-corrected chi connectivity index (χ0v) is 16.7. The largest absolute Gasteiger partial charge is 0.405 e. The van der Waals surface area contributed by atoms with E-state index in [1.807, 2.05) is 0 Å². The van der Waals surface area contributed by atoms with Gasteiger partial charge in [0.05, 0.1) is 23.5 Å². The van der Waals surface area contributed by atoms with Gasteiger partial charge in [-0.05, 0) is 12.3 Å². The molecule has 6 N–H and O–H groups in total. The highest BCUT2D eigenvalue weighted by Gasteiger charge is 2.23. The van der Waals surface area contributed by atoms with Crippen LogP contribution in [0.15, 0.2) is 17.7 Å². The molecule has 0 saturated heterocycles. The second-order valence-electron chi connectivity index (χ2n) is 5.86. The van der Waals surface area contributed by atoms with Crippen molar-refractivity contribution in [3.8, 4) is 0 Å². The number of hydrogen-bond acceptors (Lipinski definition) is 9. The van der Waals surface area contributed by atoms with E-state index in [2.05, 4.69) is 15.3 Å². The van der Waals surface area contributed by atoms with Crippen molar-refractivity contribution in [3.05, 3.63) is 44.6 Å². The summed E-state index contributed by atoms with van der Waals surface area (Å²) in [6.07, 6.45) is 4.30. The van der Waals surface area contributed by atoms with Gasteiger partial charge in [-0.15, -0.1) is 22.7 Å². The first-order valence-corrected chi connectivity index (χ1v) is 9.94. The maximum absolute atomic E-state index is 12.7. The van der Waals surface area contributed by atoms with E-state index in [1.165, 1.54) is 34.9 Å². The first-order valence-electron chi connectivity index (χ1n) is 8.25. The Hall–Kier alpha value is -2.89. The highest BCUT2D eigenvalue weighted by atomic mass is 32.1. The number of hydrogen-bond donors (Lipinski definition) is 5. The molecular weight excluding hydrogens is 398 g/mol.